The van der Waals surface area contributed by atoms with E-state index < -0.39 is 21.8 Å². The van der Waals surface area contributed by atoms with E-state index in [9.17, 15) is 27.1 Å². The molecule has 0 saturated carbocycles. The number of amides is 1. The molecule has 0 aliphatic rings. The number of halogens is 3. The van der Waals surface area contributed by atoms with Crippen LogP contribution in [0.5, 0.6) is 28.7 Å². The molecule has 0 saturated heterocycles. The van der Waals surface area contributed by atoms with Crippen molar-refractivity contribution < 1.29 is 77.4 Å². The molecule has 9 N–H and O–H groups in total. The van der Waals surface area contributed by atoms with Gasteiger partial charge in [-0.25, -0.2) is 13.6 Å². The number of fused-ring (bicyclic) bond motifs is 5. The van der Waals surface area contributed by atoms with Crippen LogP contribution >= 0.6 is 11.6 Å². The Kier molecular flexibility index (Phi) is 31.1. The van der Waals surface area contributed by atoms with Gasteiger partial charge in [0, 0.05) is 128 Å². The van der Waals surface area contributed by atoms with E-state index in [-0.39, 0.29) is 47.9 Å². The van der Waals surface area contributed by atoms with Crippen molar-refractivity contribution in [1.82, 2.24) is 50.2 Å². The third-order valence-corrected chi connectivity index (χ3v) is 18.1. The van der Waals surface area contributed by atoms with Crippen LogP contribution in [0.4, 0.5) is 37.6 Å². The fourth-order valence-corrected chi connectivity index (χ4v) is 11.2. The van der Waals surface area contributed by atoms with Gasteiger partial charge in [-0.05, 0) is 186 Å². The number of alkyl carbamates (subject to hydrolysis) is 1. The number of carbonyl (C=O) groups excluding carboxylic acids is 1. The number of hydrogen-bond acceptors (Lipinski definition) is 28. The highest BCUT2D eigenvalue weighted by Gasteiger charge is 2.18. The molecule has 6 aromatic carbocycles. The van der Waals surface area contributed by atoms with Gasteiger partial charge in [0.2, 0.25) is 0 Å². The Morgan fingerprint density at radius 1 is 0.487 bits per heavy atom. The lowest BCUT2D eigenvalue weighted by atomic mass is 10.2. The first kappa shape index (κ1) is 87.6. The Morgan fingerprint density at radius 2 is 0.832 bits per heavy atom. The summed E-state index contributed by atoms with van der Waals surface area (Å²) >= 11 is 5.56. The van der Waals surface area contributed by atoms with Gasteiger partial charge < -0.3 is 83.2 Å². The zero-order valence-electron chi connectivity index (χ0n) is 66.6. The highest BCUT2D eigenvalue weighted by atomic mass is 35.5. The van der Waals surface area contributed by atoms with Crippen LogP contribution < -0.4 is 51.3 Å². The van der Waals surface area contributed by atoms with Gasteiger partial charge in [0.1, 0.15) is 75.1 Å². The first-order valence-corrected chi connectivity index (χ1v) is 38.6. The van der Waals surface area contributed by atoms with Crippen LogP contribution in [0.15, 0.2) is 239 Å². The van der Waals surface area contributed by atoms with Crippen LogP contribution in [0.2, 0.25) is 5.35 Å². The fraction of sp³-hybridized carbons (Fsp3) is 0.224. The minimum Gasteiger partial charge on any atom is -0.508 e. The molecular formula is C85H88ClF2N15O15S. The second-order valence-electron chi connectivity index (χ2n) is 27.0. The molecule has 0 spiro atoms. The van der Waals surface area contributed by atoms with Gasteiger partial charge in [0.25, 0.3) is 39.5 Å². The predicted octanol–water partition coefficient (Wildman–Crippen LogP) is 18.0. The van der Waals surface area contributed by atoms with Gasteiger partial charge >= 0.3 is 6.09 Å². The molecule has 620 valence electrons. The lowest BCUT2D eigenvalue weighted by Crippen LogP contribution is -2.34. The van der Waals surface area contributed by atoms with Crippen LogP contribution in [0, 0.1) is 34.6 Å². The van der Waals surface area contributed by atoms with E-state index in [4.69, 9.17) is 67.7 Å². The summed E-state index contributed by atoms with van der Waals surface area (Å²) in [5.41, 5.74) is 21.2. The van der Waals surface area contributed by atoms with Crippen LogP contribution in [0.3, 0.4) is 0 Å². The molecule has 34 heteroatoms. The maximum Gasteiger partial charge on any atom is 0.407 e. The zero-order valence-corrected chi connectivity index (χ0v) is 68.1. The van der Waals surface area contributed by atoms with Crippen LogP contribution in [-0.2, 0) is 41.0 Å². The topological polar surface area (TPSA) is 406 Å². The molecule has 30 nitrogen and oxygen atoms in total. The minimum atomic E-state index is -4.02. The number of aromatic nitrogens is 9. The third kappa shape index (κ3) is 26.9. The molecule has 0 bridgehead atoms. The molecule has 0 aliphatic carbocycles. The number of anilines is 4. The molecule has 1 amide bonds. The number of hydrogen-bond donors (Lipinski definition) is 8. The average Bonchev–Trinajstić information content (AvgIpc) is 1.70. The van der Waals surface area contributed by atoms with Gasteiger partial charge in [-0.15, -0.1) is 0 Å². The highest BCUT2D eigenvalue weighted by Crippen LogP contribution is 2.30. The average molecular weight is 1670 g/mol. The van der Waals surface area contributed by atoms with E-state index in [1.165, 1.54) is 12.1 Å². The molecule has 9 aromatic heterocycles. The Bertz CT molecular complexity index is 6050. The van der Waals surface area contributed by atoms with E-state index in [2.05, 4.69) is 71.4 Å². The van der Waals surface area contributed by atoms with Crippen molar-refractivity contribution in [3.05, 3.63) is 268 Å². The SMILES string of the molecule is COc1ccc2nc(Cl)oc2c1.COc1ccc2nc(NCc3cccnc3C)oc2c1.Cc1ccc(S(=O)(=O)O)cc1.Cc1ncccc1CNc1nc2ccc(O)cc2o1.Cc1ncccc1CNc1nc2ccc(OC/C(=C\F)CN)cc2o1.Cc1ncccc1CNc1nc2ccc(OC/C(=C\F)CNC(=O)OC(C)(C)C)cc2o1. The van der Waals surface area contributed by atoms with E-state index in [1.807, 2.05) is 101 Å². The largest absolute Gasteiger partial charge is 0.508 e. The number of carbonyl (C=O) groups is 1. The van der Waals surface area contributed by atoms with Crippen molar-refractivity contribution in [1.29, 1.82) is 0 Å². The third-order valence-electron chi connectivity index (χ3n) is 17.0. The second-order valence-corrected chi connectivity index (χ2v) is 28.7. The molecule has 15 aromatic rings. The summed E-state index contributed by atoms with van der Waals surface area (Å²) < 4.78 is 109. The zero-order chi connectivity index (χ0) is 85.0. The summed E-state index contributed by atoms with van der Waals surface area (Å²) in [6.45, 7) is 17.4. The first-order chi connectivity index (χ1) is 57.2. The maximum absolute atomic E-state index is 13.2. The molecular weight excluding hydrogens is 1580 g/mol. The van der Waals surface area contributed by atoms with E-state index in [0.717, 1.165) is 73.1 Å². The maximum atomic E-state index is 13.2. The number of pyridine rings is 4. The second kappa shape index (κ2) is 42.2. The molecule has 0 unspecified atom stereocenters. The Morgan fingerprint density at radius 3 is 1.18 bits per heavy atom. The number of aromatic hydroxyl groups is 1. The Hall–Kier alpha value is -13.8. The van der Waals surface area contributed by atoms with Crippen molar-refractivity contribution in [3.8, 4) is 28.7 Å². The summed E-state index contributed by atoms with van der Waals surface area (Å²) in [5.74, 6) is 2.70. The lowest BCUT2D eigenvalue weighted by Gasteiger charge is -2.20. The molecule has 15 rings (SSSR count). The quantitative estimate of drug-likeness (QED) is 0.0260. The van der Waals surface area contributed by atoms with E-state index >= 15 is 0 Å². The smallest absolute Gasteiger partial charge is 0.407 e. The predicted molar refractivity (Wildman–Crippen MR) is 449 cm³/mol. The number of aryl methyl sites for hydroxylation is 5. The van der Waals surface area contributed by atoms with Gasteiger partial charge in [-0.3, -0.25) is 24.5 Å². The first-order valence-electron chi connectivity index (χ1n) is 36.8. The van der Waals surface area contributed by atoms with Crippen molar-refractivity contribution in [2.24, 2.45) is 5.73 Å². The number of nitrogens with two attached hydrogens (primary N) is 1. The van der Waals surface area contributed by atoms with Crippen molar-refractivity contribution in [2.75, 3.05) is 61.8 Å². The number of phenolic OH excluding ortho intramolecular Hbond substituents is 1. The Labute approximate surface area is 688 Å². The summed E-state index contributed by atoms with van der Waals surface area (Å²) in [6, 6.07) is 49.5. The fourth-order valence-electron chi connectivity index (χ4n) is 10.6. The standard InChI is InChI=1S/C23H27FN4O4.C18H19FN4O2.C15H15N3O2.C14H13N3O2.C8H6ClNO2.C7H8O3S/c1-15-17(6-5-9-25-15)13-26-21-28-19-8-7-18(10-20(19)31-21)30-14-16(11-24)12-27-22(29)32-23(2,3)4;1-12-14(3-2-6-21-12)10-22-18-23-16-5-4-15(7-17(16)25-18)24-11-13(8-19)9-20;1-10-11(4-3-7-16-10)9-17-15-18-13-6-5-12(19-2)8-14(13)20-15;1-9-10(3-2-6-15-9)8-16-14-17-12-5-4-11(18)7-13(12)19-14;1-11-5-2-3-6-7(4-5)12-8(9)10-6;1-6-2-4-7(5-3-6)11(8,9)10/h5-11H,12-14H2,1-4H3,(H,26,28)(H,27,29);2-8H,9-11,20H2,1H3,(H,22,23);3-8H,9H2,1-2H3,(H,17,18);2-7,18H,8H2,1H3,(H,16,17);2-4H,1H3;2-5H,1H3,(H,8,9,10)/b16-11-;13-8-;;;;. The molecule has 0 fully saturated rings. The summed E-state index contributed by atoms with van der Waals surface area (Å²) in [5, 5.41) is 24.6. The Balaban J connectivity index is 0.000000155. The molecule has 0 radical (unpaired) electrons. The minimum absolute atomic E-state index is 0.0300. The number of benzene rings is 6. The summed E-state index contributed by atoms with van der Waals surface area (Å²) in [4.78, 5) is 50.0. The van der Waals surface area contributed by atoms with Crippen LogP contribution in [0.25, 0.3) is 55.5 Å². The molecule has 0 atom stereocenters. The molecule has 0 aliphatic heterocycles. The van der Waals surface area contributed by atoms with E-state index in [1.54, 1.807) is 145 Å². The number of nitrogens with one attached hydrogen (secondary N) is 5. The lowest BCUT2D eigenvalue weighted by molar-refractivity contribution is 0.0531. The molecule has 9 heterocycles. The highest BCUT2D eigenvalue weighted by molar-refractivity contribution is 7.85. The number of oxazole rings is 5. The van der Waals surface area contributed by atoms with Gasteiger partial charge in [-0.2, -0.15) is 33.3 Å². The summed E-state index contributed by atoms with van der Waals surface area (Å²) in [7, 11) is -0.796. The van der Waals surface area contributed by atoms with Crippen molar-refractivity contribution >= 4 is 107 Å². The van der Waals surface area contributed by atoms with E-state index in [0.29, 0.717) is 124 Å². The monoisotopic (exact) mass is 1660 g/mol. The number of ether oxygens (including phenoxy) is 5. The number of methoxy groups -OCH3 is 2. The number of nitrogens with zero attached hydrogens (tertiary/aromatic N) is 9. The van der Waals surface area contributed by atoms with Crippen LogP contribution in [-0.4, -0.2) is 115 Å². The molecule has 119 heavy (non-hydrogen) atoms. The van der Waals surface area contributed by atoms with Gasteiger partial charge in [-0.1, -0.05) is 42.0 Å². The van der Waals surface area contributed by atoms with Crippen molar-refractivity contribution in [2.45, 2.75) is 92.1 Å². The summed E-state index contributed by atoms with van der Waals surface area (Å²) in [6.07, 6.45) is 7.31. The number of rotatable bonds is 24. The van der Waals surface area contributed by atoms with Crippen LogP contribution in [0.1, 0.15) is 71.4 Å². The van der Waals surface area contributed by atoms with Gasteiger partial charge in [0.15, 0.2) is 27.9 Å². The normalized spacial score (nSPS) is 11.3. The van der Waals surface area contributed by atoms with Gasteiger partial charge in [0.05, 0.1) is 31.8 Å². The number of phenols is 1. The van der Waals surface area contributed by atoms with Crippen molar-refractivity contribution in [3.63, 3.8) is 0 Å².